The molecule has 0 radical (unpaired) electrons. The molecule has 0 aromatic heterocycles. The fourth-order valence-electron chi connectivity index (χ4n) is 4.59. The van der Waals surface area contributed by atoms with Gasteiger partial charge in [-0.1, -0.05) is 94.8 Å². The number of aliphatic hydroxyl groups excluding tert-OH is 1. The molecule has 0 heterocycles. The minimum Gasteiger partial charge on any atom is -0.390 e. The lowest BCUT2D eigenvalue weighted by atomic mass is 9.95. The van der Waals surface area contributed by atoms with Gasteiger partial charge in [0.15, 0.2) is 0 Å². The fourth-order valence-corrected chi connectivity index (χ4v) is 4.59. The van der Waals surface area contributed by atoms with Gasteiger partial charge in [-0.3, -0.25) is 24.5 Å². The van der Waals surface area contributed by atoms with Gasteiger partial charge in [0.2, 0.25) is 23.6 Å². The van der Waals surface area contributed by atoms with Crippen molar-refractivity contribution in [3.8, 4) is 0 Å². The number of nitrogens with one attached hydrogen (secondary N) is 3. The summed E-state index contributed by atoms with van der Waals surface area (Å²) in [5, 5.41) is 18.8. The third-order valence-corrected chi connectivity index (χ3v) is 7.24. The molecule has 0 aliphatic carbocycles. The van der Waals surface area contributed by atoms with Crippen LogP contribution in [0, 0.1) is 11.8 Å². The number of carbonyl (C=O) groups excluding carboxylic acids is 4. The molecule has 4 amide bonds. The van der Waals surface area contributed by atoms with Crippen LogP contribution in [0.3, 0.4) is 0 Å². The number of benzene rings is 2. The number of aliphatic hydroxyl groups is 1. The van der Waals surface area contributed by atoms with Gasteiger partial charge in [-0.05, 0) is 42.2 Å². The summed E-state index contributed by atoms with van der Waals surface area (Å²) in [6.07, 6.45) is -0.0195. The van der Waals surface area contributed by atoms with Gasteiger partial charge in [-0.15, -0.1) is 0 Å². The fraction of sp³-hybridized carbons (Fsp3) is 0.500. The van der Waals surface area contributed by atoms with Crippen molar-refractivity contribution in [1.29, 1.82) is 0 Å². The molecule has 0 aliphatic rings. The zero-order valence-electron chi connectivity index (χ0n) is 25.1. The van der Waals surface area contributed by atoms with Gasteiger partial charge in [-0.2, -0.15) is 0 Å². The highest BCUT2D eigenvalue weighted by atomic mass is 16.3. The van der Waals surface area contributed by atoms with Crippen molar-refractivity contribution >= 4 is 23.6 Å². The average Bonchev–Trinajstić information content (AvgIpc) is 2.95. The summed E-state index contributed by atoms with van der Waals surface area (Å²) in [5.74, 6) is -2.50. The molecule has 0 aliphatic heterocycles. The van der Waals surface area contributed by atoms with E-state index in [0.717, 1.165) is 11.1 Å². The molecule has 230 valence electrons. The Labute approximate surface area is 249 Å². The Balaban J connectivity index is 2.00. The Morgan fingerprint density at radius 1 is 0.762 bits per heavy atom. The van der Waals surface area contributed by atoms with Crippen LogP contribution in [0.5, 0.6) is 0 Å². The van der Waals surface area contributed by atoms with Crippen LogP contribution in [-0.4, -0.2) is 59.0 Å². The van der Waals surface area contributed by atoms with E-state index >= 15 is 0 Å². The van der Waals surface area contributed by atoms with E-state index in [1.165, 1.54) is 0 Å². The molecule has 6 atom stereocenters. The maximum Gasteiger partial charge on any atom is 0.249 e. The Morgan fingerprint density at radius 2 is 1.26 bits per heavy atom. The molecule has 8 N–H and O–H groups in total. The monoisotopic (exact) mass is 581 g/mol. The van der Waals surface area contributed by atoms with E-state index in [-0.39, 0.29) is 24.7 Å². The average molecular weight is 582 g/mol. The van der Waals surface area contributed by atoms with E-state index in [9.17, 15) is 24.3 Å². The lowest BCUT2D eigenvalue weighted by Crippen LogP contribution is -2.56. The van der Waals surface area contributed by atoms with Crippen molar-refractivity contribution in [2.75, 3.05) is 0 Å². The normalized spacial score (nSPS) is 15.5. The number of hydrogen-bond acceptors (Lipinski definition) is 7. The highest BCUT2D eigenvalue weighted by molar-refractivity contribution is 6.01. The van der Waals surface area contributed by atoms with Gasteiger partial charge in [0.05, 0.1) is 30.7 Å². The van der Waals surface area contributed by atoms with Crippen molar-refractivity contribution in [1.82, 2.24) is 16.0 Å². The van der Waals surface area contributed by atoms with Crippen molar-refractivity contribution < 1.29 is 24.3 Å². The minimum absolute atomic E-state index is 0.114. The summed E-state index contributed by atoms with van der Waals surface area (Å²) in [7, 11) is 0. The lowest BCUT2D eigenvalue weighted by molar-refractivity contribution is -0.136. The first-order valence-corrected chi connectivity index (χ1v) is 14.6. The van der Waals surface area contributed by atoms with Gasteiger partial charge in [-0.25, -0.2) is 0 Å². The summed E-state index contributed by atoms with van der Waals surface area (Å²) in [6.45, 7) is 7.53. The Bertz CT molecular complexity index is 1140. The van der Waals surface area contributed by atoms with Crippen LogP contribution in [0.2, 0.25) is 0 Å². The van der Waals surface area contributed by atoms with Crippen LogP contribution < -0.4 is 27.4 Å². The molecule has 10 heteroatoms. The molecule has 0 fully saturated rings. The third-order valence-electron chi connectivity index (χ3n) is 7.24. The van der Waals surface area contributed by atoms with Crippen LogP contribution in [0.4, 0.5) is 0 Å². The van der Waals surface area contributed by atoms with E-state index in [1.807, 2.05) is 81.4 Å². The Kier molecular flexibility index (Phi) is 14.3. The molecular weight excluding hydrogens is 534 g/mol. The largest absolute Gasteiger partial charge is 0.390 e. The minimum atomic E-state index is -1.22. The molecule has 2 aromatic rings. The quantitative estimate of drug-likeness (QED) is 0.174. The van der Waals surface area contributed by atoms with E-state index in [0.29, 0.717) is 19.3 Å². The highest BCUT2D eigenvalue weighted by Crippen LogP contribution is 2.14. The van der Waals surface area contributed by atoms with E-state index < -0.39 is 53.9 Å². The topological polar surface area (TPSA) is 177 Å². The molecule has 2 unspecified atom stereocenters. The maximum absolute atomic E-state index is 13.0. The van der Waals surface area contributed by atoms with Crippen molar-refractivity contribution in [3.05, 3.63) is 71.8 Å². The second-order valence-electron chi connectivity index (χ2n) is 11.4. The van der Waals surface area contributed by atoms with Gasteiger partial charge in [0, 0.05) is 0 Å². The number of carbonyl (C=O) groups is 4. The van der Waals surface area contributed by atoms with Crippen molar-refractivity contribution in [2.24, 2.45) is 23.3 Å². The van der Waals surface area contributed by atoms with Gasteiger partial charge in [0.25, 0.3) is 0 Å². The number of rotatable bonds is 16. The molecule has 0 bridgehead atoms. The second-order valence-corrected chi connectivity index (χ2v) is 11.4. The summed E-state index contributed by atoms with van der Waals surface area (Å²) in [5.41, 5.74) is 13.9. The molecule has 0 spiro atoms. The number of nitrogens with two attached hydrogens (primary N) is 2. The van der Waals surface area contributed by atoms with Crippen molar-refractivity contribution in [3.63, 3.8) is 0 Å². The van der Waals surface area contributed by atoms with Crippen molar-refractivity contribution in [2.45, 2.75) is 90.1 Å². The summed E-state index contributed by atoms with van der Waals surface area (Å²) >= 11 is 0. The highest BCUT2D eigenvalue weighted by Gasteiger charge is 2.31. The van der Waals surface area contributed by atoms with E-state index in [4.69, 9.17) is 11.5 Å². The molecular formula is C32H47N5O5. The summed E-state index contributed by atoms with van der Waals surface area (Å²) < 4.78 is 0. The number of hydrogen-bond donors (Lipinski definition) is 6. The maximum atomic E-state index is 13.0. The van der Waals surface area contributed by atoms with Crippen LogP contribution in [0.25, 0.3) is 0 Å². The zero-order chi connectivity index (χ0) is 31.2. The van der Waals surface area contributed by atoms with E-state index in [2.05, 4.69) is 16.0 Å². The zero-order valence-corrected chi connectivity index (χ0v) is 25.1. The first-order valence-electron chi connectivity index (χ1n) is 14.6. The van der Waals surface area contributed by atoms with Crippen LogP contribution in [-0.2, 0) is 32.0 Å². The Morgan fingerprint density at radius 3 is 1.74 bits per heavy atom. The first-order chi connectivity index (χ1) is 19.9. The third kappa shape index (κ3) is 11.7. The van der Waals surface area contributed by atoms with Gasteiger partial charge < -0.3 is 27.2 Å². The second kappa shape index (κ2) is 17.4. The number of imide groups is 1. The lowest BCUT2D eigenvalue weighted by Gasteiger charge is -2.28. The molecule has 42 heavy (non-hydrogen) atoms. The van der Waals surface area contributed by atoms with Crippen LogP contribution in [0.1, 0.15) is 58.1 Å². The van der Waals surface area contributed by atoms with Crippen LogP contribution in [0.15, 0.2) is 60.7 Å². The SMILES string of the molecule is CC[C@H](C)[C@H](NC(=O)CC(O)C(CC(C)C)NC(=O)[C@@H](N)Cc1ccccc1)C(=O)NC(=O)[C@@H](N)Cc1ccccc1. The molecule has 0 saturated carbocycles. The molecule has 2 rings (SSSR count). The molecule has 10 nitrogen and oxygen atoms in total. The molecule has 0 saturated heterocycles. The van der Waals surface area contributed by atoms with Crippen LogP contribution >= 0.6 is 0 Å². The van der Waals surface area contributed by atoms with E-state index in [1.54, 1.807) is 6.92 Å². The first kappa shape index (κ1) is 34.6. The predicted molar refractivity (Wildman–Crippen MR) is 163 cm³/mol. The number of amides is 4. The molecule has 2 aromatic carbocycles. The Hall–Kier alpha value is -3.60. The summed E-state index contributed by atoms with van der Waals surface area (Å²) in [4.78, 5) is 51.5. The van der Waals surface area contributed by atoms with Gasteiger partial charge >= 0.3 is 0 Å². The van der Waals surface area contributed by atoms with Gasteiger partial charge in [0.1, 0.15) is 6.04 Å². The smallest absolute Gasteiger partial charge is 0.249 e. The standard InChI is InChI=1S/C32H47N5O5/c1-5-21(4)29(32(42)37-31(41)25(34)18-23-14-10-7-11-15-23)36-28(39)19-27(38)26(16-20(2)3)35-30(40)24(33)17-22-12-8-6-9-13-22/h6-15,20-21,24-27,29,38H,5,16-19,33-34H2,1-4H3,(H,35,40)(H,36,39)(H,37,41,42)/t21-,24-,25-,26?,27?,29-/m0/s1. The predicted octanol–water partition coefficient (Wildman–Crippen LogP) is 1.58. The summed E-state index contributed by atoms with van der Waals surface area (Å²) in [6, 6.07) is 15.1.